The molecule has 8 heavy (non-hydrogen) atoms. The van der Waals surface area contributed by atoms with E-state index in [1.165, 1.54) is 12.8 Å². The van der Waals surface area contributed by atoms with E-state index in [-0.39, 0.29) is 0 Å². The molecule has 0 saturated carbocycles. The van der Waals surface area contributed by atoms with Gasteiger partial charge in [0.1, 0.15) is 0 Å². The summed E-state index contributed by atoms with van der Waals surface area (Å²) in [6.45, 7) is 4.70. The van der Waals surface area contributed by atoms with Gasteiger partial charge in [-0.1, -0.05) is 25.0 Å². The van der Waals surface area contributed by atoms with Gasteiger partial charge in [-0.25, -0.2) is 0 Å². The van der Waals surface area contributed by atoms with Crippen LogP contribution in [-0.4, -0.2) is 0 Å². The molecule has 2 unspecified atom stereocenters. The van der Waals surface area contributed by atoms with E-state index >= 15 is 0 Å². The van der Waals surface area contributed by atoms with Gasteiger partial charge in [0.25, 0.3) is 0 Å². The molecule has 0 fully saturated rings. The first-order valence-corrected chi connectivity index (χ1v) is 3.52. The van der Waals surface area contributed by atoms with Crippen LogP contribution in [0, 0.1) is 11.8 Å². The highest BCUT2D eigenvalue weighted by Crippen LogP contribution is 2.52. The summed E-state index contributed by atoms with van der Waals surface area (Å²) in [5.74, 6) is 1.89. The van der Waals surface area contributed by atoms with E-state index in [2.05, 4.69) is 13.8 Å². The van der Waals surface area contributed by atoms with Crippen LogP contribution >= 0.6 is 0 Å². The minimum atomic E-state index is 0.943. The monoisotopic (exact) mass is 108 g/mol. The zero-order valence-corrected chi connectivity index (χ0v) is 5.57. The van der Waals surface area contributed by atoms with Crippen LogP contribution in [0.1, 0.15) is 26.7 Å². The topological polar surface area (TPSA) is 0 Å². The number of allylic oxidation sites excluding steroid dienone is 2. The quantitative estimate of drug-likeness (QED) is 0.418. The molecule has 0 heteroatoms. The highest BCUT2D eigenvalue weighted by Gasteiger charge is 2.38. The Bertz CT molecular complexity index is 135. The third-order valence-corrected chi connectivity index (χ3v) is 2.93. The van der Waals surface area contributed by atoms with E-state index < -0.39 is 0 Å². The van der Waals surface area contributed by atoms with E-state index in [9.17, 15) is 0 Å². The second-order valence-electron chi connectivity index (χ2n) is 3.13. The standard InChI is InChI=1S/C8H12/c1-5-6(2)8-4-3-7(5)8/h5-6H,3-4H2,1-2H3. The highest BCUT2D eigenvalue weighted by molar-refractivity contribution is 5.38. The van der Waals surface area contributed by atoms with Crippen molar-refractivity contribution in [1.29, 1.82) is 0 Å². The predicted molar refractivity (Wildman–Crippen MR) is 34.6 cm³/mol. The van der Waals surface area contributed by atoms with Crippen LogP contribution in [0.3, 0.4) is 0 Å². The molecular formula is C8H12. The Kier molecular flexibility index (Phi) is 0.677. The van der Waals surface area contributed by atoms with Crippen molar-refractivity contribution in [3.05, 3.63) is 11.1 Å². The zero-order chi connectivity index (χ0) is 5.72. The maximum Gasteiger partial charge on any atom is -0.0166 e. The fraction of sp³-hybridized carbons (Fsp3) is 0.750. The molecule has 2 aliphatic rings. The molecule has 0 N–H and O–H groups in total. The van der Waals surface area contributed by atoms with Crippen LogP contribution in [0.5, 0.6) is 0 Å². The molecule has 0 nitrogen and oxygen atoms in total. The third kappa shape index (κ3) is 0.300. The number of hydrogen-bond donors (Lipinski definition) is 0. The van der Waals surface area contributed by atoms with Gasteiger partial charge >= 0.3 is 0 Å². The van der Waals surface area contributed by atoms with Crippen LogP contribution in [0.15, 0.2) is 11.1 Å². The lowest BCUT2D eigenvalue weighted by molar-refractivity contribution is 0.346. The molecule has 0 bridgehead atoms. The van der Waals surface area contributed by atoms with Gasteiger partial charge in [-0.2, -0.15) is 0 Å². The summed E-state index contributed by atoms with van der Waals surface area (Å²) < 4.78 is 0. The van der Waals surface area contributed by atoms with Gasteiger partial charge in [0.15, 0.2) is 0 Å². The zero-order valence-electron chi connectivity index (χ0n) is 5.57. The summed E-state index contributed by atoms with van der Waals surface area (Å²) in [4.78, 5) is 0. The third-order valence-electron chi connectivity index (χ3n) is 2.93. The van der Waals surface area contributed by atoms with E-state index in [1.54, 1.807) is 11.1 Å². The lowest BCUT2D eigenvalue weighted by Crippen LogP contribution is -2.32. The molecule has 0 heterocycles. The van der Waals surface area contributed by atoms with Crippen LogP contribution < -0.4 is 0 Å². The van der Waals surface area contributed by atoms with E-state index in [1.807, 2.05) is 0 Å². The fourth-order valence-corrected chi connectivity index (χ4v) is 1.96. The number of rotatable bonds is 0. The molecule has 0 aromatic carbocycles. The van der Waals surface area contributed by atoms with Gasteiger partial charge in [-0.05, 0) is 24.7 Å². The summed E-state index contributed by atoms with van der Waals surface area (Å²) in [7, 11) is 0. The molecular weight excluding hydrogens is 96.1 g/mol. The van der Waals surface area contributed by atoms with Crippen molar-refractivity contribution in [1.82, 2.24) is 0 Å². The summed E-state index contributed by atoms with van der Waals surface area (Å²) in [6, 6.07) is 0. The summed E-state index contributed by atoms with van der Waals surface area (Å²) in [5.41, 5.74) is 3.58. The molecule has 0 amide bonds. The Balaban J connectivity index is 2.29. The summed E-state index contributed by atoms with van der Waals surface area (Å²) in [5, 5.41) is 0. The van der Waals surface area contributed by atoms with Crippen LogP contribution in [0.25, 0.3) is 0 Å². The predicted octanol–water partition coefficient (Wildman–Crippen LogP) is 2.36. The molecule has 0 aromatic rings. The van der Waals surface area contributed by atoms with Gasteiger partial charge in [0, 0.05) is 0 Å². The number of hydrogen-bond acceptors (Lipinski definition) is 0. The van der Waals surface area contributed by atoms with E-state index in [0.29, 0.717) is 0 Å². The Labute approximate surface area is 50.6 Å². The molecule has 2 aliphatic carbocycles. The second-order valence-corrected chi connectivity index (χ2v) is 3.13. The summed E-state index contributed by atoms with van der Waals surface area (Å²) in [6.07, 6.45) is 2.84. The second kappa shape index (κ2) is 1.18. The van der Waals surface area contributed by atoms with Crippen LogP contribution in [0.2, 0.25) is 0 Å². The average molecular weight is 108 g/mol. The first-order valence-electron chi connectivity index (χ1n) is 3.52. The van der Waals surface area contributed by atoms with Gasteiger partial charge < -0.3 is 0 Å². The summed E-state index contributed by atoms with van der Waals surface area (Å²) >= 11 is 0. The molecule has 2 atom stereocenters. The van der Waals surface area contributed by atoms with Crippen molar-refractivity contribution < 1.29 is 0 Å². The minimum Gasteiger partial charge on any atom is -0.0670 e. The molecule has 0 radical (unpaired) electrons. The SMILES string of the molecule is CC1C2=C(CC2)C1C. The normalized spacial score (nSPS) is 42.8. The van der Waals surface area contributed by atoms with Crippen molar-refractivity contribution in [2.24, 2.45) is 11.8 Å². The van der Waals surface area contributed by atoms with Gasteiger partial charge in [0.05, 0.1) is 0 Å². The van der Waals surface area contributed by atoms with E-state index in [4.69, 9.17) is 0 Å². The Morgan fingerprint density at radius 1 is 1.00 bits per heavy atom. The Morgan fingerprint density at radius 3 is 1.50 bits per heavy atom. The Morgan fingerprint density at radius 2 is 1.38 bits per heavy atom. The van der Waals surface area contributed by atoms with E-state index in [0.717, 1.165) is 11.8 Å². The first kappa shape index (κ1) is 4.60. The van der Waals surface area contributed by atoms with Crippen molar-refractivity contribution in [3.63, 3.8) is 0 Å². The lowest BCUT2D eigenvalue weighted by atomic mass is 9.60. The van der Waals surface area contributed by atoms with Gasteiger partial charge in [-0.15, -0.1) is 0 Å². The molecule has 0 aliphatic heterocycles. The maximum atomic E-state index is 2.35. The van der Waals surface area contributed by atoms with Gasteiger partial charge in [0.2, 0.25) is 0 Å². The Hall–Kier alpha value is -0.260. The van der Waals surface area contributed by atoms with Crippen molar-refractivity contribution in [2.75, 3.05) is 0 Å². The van der Waals surface area contributed by atoms with Crippen molar-refractivity contribution in [3.8, 4) is 0 Å². The van der Waals surface area contributed by atoms with Crippen molar-refractivity contribution >= 4 is 0 Å². The molecule has 0 spiro atoms. The molecule has 0 saturated heterocycles. The smallest absolute Gasteiger partial charge is 0.0166 e. The fourth-order valence-electron chi connectivity index (χ4n) is 1.96. The lowest BCUT2D eigenvalue weighted by Gasteiger charge is -2.45. The molecule has 44 valence electrons. The largest absolute Gasteiger partial charge is 0.0670 e. The average Bonchev–Trinajstić information content (AvgIpc) is 1.64. The molecule has 2 rings (SSSR count). The van der Waals surface area contributed by atoms with Crippen molar-refractivity contribution in [2.45, 2.75) is 26.7 Å². The minimum absolute atomic E-state index is 0.943. The maximum absolute atomic E-state index is 2.35. The highest BCUT2D eigenvalue weighted by atomic mass is 14.4. The van der Waals surface area contributed by atoms with Crippen LogP contribution in [0.4, 0.5) is 0 Å². The van der Waals surface area contributed by atoms with Crippen LogP contribution in [-0.2, 0) is 0 Å². The molecule has 0 aromatic heterocycles. The van der Waals surface area contributed by atoms with Gasteiger partial charge in [-0.3, -0.25) is 0 Å². The first-order chi connectivity index (χ1) is 3.80.